The maximum Gasteiger partial charge on any atom is 0.192 e. The van der Waals surface area contributed by atoms with E-state index in [-0.39, 0.29) is 11.4 Å². The molecule has 0 N–H and O–H groups in total. The monoisotopic (exact) mass is 320 g/mol. The van der Waals surface area contributed by atoms with E-state index in [1.165, 1.54) is 11.8 Å². The molecule has 0 amide bonds. The number of nitriles is 1. The number of aromatic nitrogens is 3. The van der Waals surface area contributed by atoms with Gasteiger partial charge in [0.15, 0.2) is 11.0 Å². The third kappa shape index (κ3) is 3.28. The lowest BCUT2D eigenvalue weighted by atomic mass is 10.2. The first kappa shape index (κ1) is 14.6. The van der Waals surface area contributed by atoms with E-state index in [0.717, 1.165) is 41.9 Å². The van der Waals surface area contributed by atoms with Crippen LogP contribution in [0.5, 0.6) is 0 Å². The van der Waals surface area contributed by atoms with Crippen LogP contribution in [0, 0.1) is 11.3 Å². The van der Waals surface area contributed by atoms with Gasteiger partial charge < -0.3 is 4.74 Å². The molecule has 0 saturated carbocycles. The third-order valence-electron chi connectivity index (χ3n) is 3.33. The van der Waals surface area contributed by atoms with Crippen LogP contribution in [-0.4, -0.2) is 32.7 Å². The summed E-state index contributed by atoms with van der Waals surface area (Å²) >= 11 is 3.10. The summed E-state index contributed by atoms with van der Waals surface area (Å²) in [5.41, 5.74) is 0. The van der Waals surface area contributed by atoms with Crippen LogP contribution in [0.2, 0.25) is 0 Å². The van der Waals surface area contributed by atoms with Crippen molar-refractivity contribution in [2.75, 3.05) is 6.61 Å². The van der Waals surface area contributed by atoms with Gasteiger partial charge in [0, 0.05) is 6.61 Å². The van der Waals surface area contributed by atoms with Crippen molar-refractivity contribution in [3.05, 3.63) is 17.5 Å². The zero-order valence-corrected chi connectivity index (χ0v) is 13.4. The minimum atomic E-state index is -0.145. The summed E-state index contributed by atoms with van der Waals surface area (Å²) in [5, 5.41) is 20.3. The first-order chi connectivity index (χ1) is 10.3. The second-order valence-corrected chi connectivity index (χ2v) is 7.17. The molecule has 0 unspecified atom stereocenters. The fourth-order valence-electron chi connectivity index (χ4n) is 2.30. The number of nitrogens with zero attached hydrogens (tertiary/aromatic N) is 4. The van der Waals surface area contributed by atoms with Crippen molar-refractivity contribution in [2.45, 2.75) is 42.8 Å². The second kappa shape index (κ2) is 6.60. The molecule has 0 spiro atoms. The molecule has 0 aromatic carbocycles. The lowest BCUT2D eigenvalue weighted by molar-refractivity contribution is 0.0953. The number of ether oxygens (including phenoxy) is 1. The highest BCUT2D eigenvalue weighted by atomic mass is 32.2. The summed E-state index contributed by atoms with van der Waals surface area (Å²) < 4.78 is 7.84. The molecular weight excluding hydrogens is 304 g/mol. The molecular formula is C14H16N4OS2. The van der Waals surface area contributed by atoms with Gasteiger partial charge in [-0.2, -0.15) is 5.26 Å². The van der Waals surface area contributed by atoms with Crippen molar-refractivity contribution in [1.29, 1.82) is 5.26 Å². The van der Waals surface area contributed by atoms with E-state index in [1.807, 2.05) is 24.4 Å². The van der Waals surface area contributed by atoms with E-state index in [4.69, 9.17) is 10.00 Å². The Labute approximate surface area is 131 Å². The number of hydrogen-bond acceptors (Lipinski definition) is 6. The predicted octanol–water partition coefficient (Wildman–Crippen LogP) is 3.19. The van der Waals surface area contributed by atoms with Crippen LogP contribution in [0.3, 0.4) is 0 Å². The minimum absolute atomic E-state index is 0.145. The van der Waals surface area contributed by atoms with Gasteiger partial charge in [-0.3, -0.25) is 4.57 Å². The molecule has 3 rings (SSSR count). The second-order valence-electron chi connectivity index (χ2n) is 4.92. The topological polar surface area (TPSA) is 63.7 Å². The van der Waals surface area contributed by atoms with E-state index < -0.39 is 0 Å². The first-order valence-corrected chi connectivity index (χ1v) is 8.69. The van der Waals surface area contributed by atoms with Gasteiger partial charge in [0.2, 0.25) is 0 Å². The summed E-state index contributed by atoms with van der Waals surface area (Å²) in [4.78, 5) is 1.09. The van der Waals surface area contributed by atoms with Crippen LogP contribution in [0.15, 0.2) is 22.7 Å². The van der Waals surface area contributed by atoms with E-state index >= 15 is 0 Å². The molecule has 21 heavy (non-hydrogen) atoms. The number of thioether (sulfide) groups is 1. The lowest BCUT2D eigenvalue weighted by Crippen LogP contribution is -2.17. The molecule has 5 nitrogen and oxygen atoms in total. The maximum atomic E-state index is 9.01. The number of rotatable bonds is 5. The van der Waals surface area contributed by atoms with E-state index in [2.05, 4.69) is 20.8 Å². The Morgan fingerprint density at radius 2 is 2.52 bits per heavy atom. The van der Waals surface area contributed by atoms with Crippen molar-refractivity contribution in [2.24, 2.45) is 0 Å². The molecule has 0 radical (unpaired) electrons. The van der Waals surface area contributed by atoms with Crippen molar-refractivity contribution >= 4 is 23.1 Å². The molecule has 3 heterocycles. The van der Waals surface area contributed by atoms with Crippen molar-refractivity contribution in [3.63, 3.8) is 0 Å². The van der Waals surface area contributed by atoms with E-state index in [0.29, 0.717) is 0 Å². The average molecular weight is 320 g/mol. The van der Waals surface area contributed by atoms with Crippen LogP contribution in [0.4, 0.5) is 0 Å². The zero-order chi connectivity index (χ0) is 14.7. The molecule has 110 valence electrons. The highest BCUT2D eigenvalue weighted by Gasteiger charge is 2.23. The van der Waals surface area contributed by atoms with E-state index in [9.17, 15) is 0 Å². The van der Waals surface area contributed by atoms with Gasteiger partial charge >= 0.3 is 0 Å². The fourth-order valence-corrected chi connectivity index (χ4v) is 3.77. The van der Waals surface area contributed by atoms with E-state index in [1.54, 1.807) is 11.3 Å². The highest BCUT2D eigenvalue weighted by molar-refractivity contribution is 8.00. The molecule has 7 heteroatoms. The fraction of sp³-hybridized carbons (Fsp3) is 0.500. The summed E-state index contributed by atoms with van der Waals surface area (Å²) in [7, 11) is 0. The van der Waals surface area contributed by atoms with Crippen LogP contribution in [0.1, 0.15) is 19.8 Å². The molecule has 1 saturated heterocycles. The predicted molar refractivity (Wildman–Crippen MR) is 83.2 cm³/mol. The first-order valence-electron chi connectivity index (χ1n) is 6.93. The highest BCUT2D eigenvalue weighted by Crippen LogP contribution is 2.30. The zero-order valence-electron chi connectivity index (χ0n) is 11.7. The summed E-state index contributed by atoms with van der Waals surface area (Å²) in [5.74, 6) is 0.869. The number of hydrogen-bond donors (Lipinski definition) is 0. The SMILES string of the molecule is C[C@@H](C#N)Sc1nnc(-c2cccs2)n1C[C@@H]1CCCO1. The molecule has 0 aliphatic carbocycles. The van der Waals surface area contributed by atoms with Gasteiger partial charge in [-0.15, -0.1) is 21.5 Å². The Kier molecular flexibility index (Phi) is 4.58. The molecule has 2 atom stereocenters. The Hall–Kier alpha value is -1.36. The Bertz CT molecular complexity index is 626. The van der Waals surface area contributed by atoms with Crippen LogP contribution in [-0.2, 0) is 11.3 Å². The molecule has 1 fully saturated rings. The number of thiophene rings is 1. The summed E-state index contributed by atoms with van der Waals surface area (Å²) in [6, 6.07) is 6.29. The average Bonchev–Trinajstić information content (AvgIpc) is 3.21. The van der Waals surface area contributed by atoms with Gasteiger partial charge in [-0.25, -0.2) is 0 Å². The van der Waals surface area contributed by atoms with Crippen molar-refractivity contribution < 1.29 is 4.74 Å². The molecule has 2 aromatic rings. The largest absolute Gasteiger partial charge is 0.376 e. The lowest BCUT2D eigenvalue weighted by Gasteiger charge is -2.14. The molecule has 0 bridgehead atoms. The quantitative estimate of drug-likeness (QED) is 0.792. The van der Waals surface area contributed by atoms with Gasteiger partial charge in [-0.1, -0.05) is 17.8 Å². The molecule has 2 aromatic heterocycles. The smallest absolute Gasteiger partial charge is 0.192 e. The minimum Gasteiger partial charge on any atom is -0.376 e. The summed E-state index contributed by atoms with van der Waals surface area (Å²) in [6.07, 6.45) is 2.40. The summed E-state index contributed by atoms with van der Waals surface area (Å²) in [6.45, 7) is 3.46. The van der Waals surface area contributed by atoms with Gasteiger partial charge in [0.05, 0.1) is 28.8 Å². The van der Waals surface area contributed by atoms with Crippen molar-refractivity contribution in [1.82, 2.24) is 14.8 Å². The van der Waals surface area contributed by atoms with Crippen LogP contribution < -0.4 is 0 Å². The van der Waals surface area contributed by atoms with Crippen molar-refractivity contribution in [3.8, 4) is 16.8 Å². The van der Waals surface area contributed by atoms with Gasteiger partial charge in [0.25, 0.3) is 0 Å². The van der Waals surface area contributed by atoms with Crippen LogP contribution >= 0.6 is 23.1 Å². The Morgan fingerprint density at radius 3 is 3.19 bits per heavy atom. The van der Waals surface area contributed by atoms with Gasteiger partial charge in [-0.05, 0) is 31.2 Å². The third-order valence-corrected chi connectivity index (χ3v) is 5.17. The Morgan fingerprint density at radius 1 is 1.62 bits per heavy atom. The van der Waals surface area contributed by atoms with Crippen LogP contribution in [0.25, 0.3) is 10.7 Å². The Balaban J connectivity index is 1.91. The molecule has 1 aliphatic heterocycles. The standard InChI is InChI=1S/C14H16N4OS2/c1-10(8-15)21-14-17-16-13(12-5-3-7-20-12)18(14)9-11-4-2-6-19-11/h3,5,7,10-11H,2,4,6,9H2,1H3/t10-,11-/m0/s1. The normalized spacial score (nSPS) is 19.5. The molecule has 1 aliphatic rings. The van der Waals surface area contributed by atoms with Gasteiger partial charge in [0.1, 0.15) is 0 Å². The maximum absolute atomic E-state index is 9.01.